The summed E-state index contributed by atoms with van der Waals surface area (Å²) in [5.41, 5.74) is 1.58. The van der Waals surface area contributed by atoms with Gasteiger partial charge in [0.2, 0.25) is 5.95 Å². The molecule has 0 bridgehead atoms. The van der Waals surface area contributed by atoms with E-state index in [4.69, 9.17) is 4.74 Å². The first-order chi connectivity index (χ1) is 18.3. The van der Waals surface area contributed by atoms with Crippen molar-refractivity contribution in [3.8, 4) is 0 Å². The average Bonchev–Trinajstić information content (AvgIpc) is 2.94. The Hall–Kier alpha value is -4.06. The number of hydrogen-bond acceptors (Lipinski definition) is 7. The molecule has 200 valence electrons. The zero-order valence-electron chi connectivity index (χ0n) is 20.6. The lowest BCUT2D eigenvalue weighted by Crippen LogP contribution is -2.50. The first-order valence-electron chi connectivity index (χ1n) is 12.4. The van der Waals surface area contributed by atoms with Gasteiger partial charge in [-0.15, -0.1) is 0 Å². The molecule has 0 atom stereocenters. The smallest absolute Gasteiger partial charge is 0.378 e. The van der Waals surface area contributed by atoms with Crippen LogP contribution in [0.3, 0.4) is 0 Å². The van der Waals surface area contributed by atoms with E-state index in [1.165, 1.54) is 12.1 Å². The first kappa shape index (κ1) is 25.6. The maximum Gasteiger partial charge on any atom is 0.416 e. The molecule has 0 saturated carbocycles. The molecule has 3 aromatic rings. The first-order valence-corrected chi connectivity index (χ1v) is 12.4. The number of anilines is 5. The van der Waals surface area contributed by atoms with E-state index in [2.05, 4.69) is 42.5 Å². The summed E-state index contributed by atoms with van der Waals surface area (Å²) in [5.74, 6) is 1.22. The molecular formula is C26H28F3N7O2. The van der Waals surface area contributed by atoms with Crippen LogP contribution in [-0.4, -0.2) is 73.4 Å². The SMILES string of the molecule is O=C(Nc1ccc(C(F)(F)F)cc1)N1CCN(c2ccnc(Nc3ccc(N4CCOCC4)cc3)n2)CC1. The maximum absolute atomic E-state index is 12.7. The number of aromatic nitrogens is 2. The molecule has 0 unspecified atom stereocenters. The Bertz CT molecular complexity index is 1220. The zero-order chi connectivity index (χ0) is 26.5. The van der Waals surface area contributed by atoms with Gasteiger partial charge in [0.05, 0.1) is 18.8 Å². The second-order valence-corrected chi connectivity index (χ2v) is 8.99. The minimum atomic E-state index is -4.41. The van der Waals surface area contributed by atoms with Gasteiger partial charge >= 0.3 is 12.2 Å². The van der Waals surface area contributed by atoms with Gasteiger partial charge in [0, 0.05) is 62.5 Å². The van der Waals surface area contributed by atoms with E-state index in [1.807, 2.05) is 18.2 Å². The Labute approximate surface area is 218 Å². The number of rotatable bonds is 5. The van der Waals surface area contributed by atoms with Crippen LogP contribution in [0, 0.1) is 0 Å². The molecule has 2 fully saturated rings. The molecule has 38 heavy (non-hydrogen) atoms. The second-order valence-electron chi connectivity index (χ2n) is 8.99. The molecule has 2 aliphatic heterocycles. The molecule has 3 heterocycles. The molecule has 0 spiro atoms. The second kappa shape index (κ2) is 11.1. The van der Waals surface area contributed by atoms with Crippen molar-refractivity contribution in [2.75, 3.05) is 72.9 Å². The highest BCUT2D eigenvalue weighted by atomic mass is 19.4. The van der Waals surface area contributed by atoms with Crippen molar-refractivity contribution in [1.82, 2.24) is 14.9 Å². The average molecular weight is 528 g/mol. The van der Waals surface area contributed by atoms with Crippen LogP contribution in [0.25, 0.3) is 0 Å². The third-order valence-corrected chi connectivity index (χ3v) is 6.49. The number of alkyl halides is 3. The number of nitrogens with zero attached hydrogens (tertiary/aromatic N) is 5. The van der Waals surface area contributed by atoms with Crippen molar-refractivity contribution in [2.24, 2.45) is 0 Å². The molecular weight excluding hydrogens is 499 g/mol. The lowest BCUT2D eigenvalue weighted by atomic mass is 10.2. The summed E-state index contributed by atoms with van der Waals surface area (Å²) in [6, 6.07) is 14.0. The van der Waals surface area contributed by atoms with Crippen molar-refractivity contribution < 1.29 is 22.7 Å². The quantitative estimate of drug-likeness (QED) is 0.508. The fourth-order valence-electron chi connectivity index (χ4n) is 4.38. The van der Waals surface area contributed by atoms with Crippen molar-refractivity contribution in [3.63, 3.8) is 0 Å². The van der Waals surface area contributed by atoms with Crippen LogP contribution in [0.4, 0.5) is 46.8 Å². The molecule has 5 rings (SSSR count). The summed E-state index contributed by atoms with van der Waals surface area (Å²) in [6.45, 7) is 5.24. The number of halogens is 3. The molecule has 0 aliphatic carbocycles. The number of ether oxygens (including phenoxy) is 1. The van der Waals surface area contributed by atoms with Crippen molar-refractivity contribution in [1.29, 1.82) is 0 Å². The van der Waals surface area contributed by atoms with Crippen LogP contribution >= 0.6 is 0 Å². The third-order valence-electron chi connectivity index (χ3n) is 6.49. The van der Waals surface area contributed by atoms with Crippen molar-refractivity contribution in [3.05, 3.63) is 66.4 Å². The lowest BCUT2D eigenvalue weighted by Gasteiger charge is -2.35. The molecule has 0 radical (unpaired) electrons. The Morgan fingerprint density at radius 3 is 2.13 bits per heavy atom. The molecule has 2 aromatic carbocycles. The predicted molar refractivity (Wildman–Crippen MR) is 139 cm³/mol. The molecule has 12 heteroatoms. The van der Waals surface area contributed by atoms with Crippen molar-refractivity contribution >= 4 is 34.9 Å². The summed E-state index contributed by atoms with van der Waals surface area (Å²) < 4.78 is 43.6. The van der Waals surface area contributed by atoms with Crippen LogP contribution in [0.15, 0.2) is 60.8 Å². The van der Waals surface area contributed by atoms with Gasteiger partial charge in [0.1, 0.15) is 5.82 Å². The van der Waals surface area contributed by atoms with Crippen LogP contribution in [0.2, 0.25) is 0 Å². The highest BCUT2D eigenvalue weighted by molar-refractivity contribution is 5.89. The van der Waals surface area contributed by atoms with E-state index < -0.39 is 11.7 Å². The Balaban J connectivity index is 1.13. The number of nitrogens with one attached hydrogen (secondary N) is 2. The van der Waals surface area contributed by atoms with Gasteiger partial charge in [0.25, 0.3) is 0 Å². The summed E-state index contributed by atoms with van der Waals surface area (Å²) >= 11 is 0. The van der Waals surface area contributed by atoms with Gasteiger partial charge in [-0.3, -0.25) is 0 Å². The molecule has 2 N–H and O–H groups in total. The summed E-state index contributed by atoms with van der Waals surface area (Å²) in [5, 5.41) is 5.91. The van der Waals surface area contributed by atoms with E-state index in [0.29, 0.717) is 37.8 Å². The number of hydrogen-bond donors (Lipinski definition) is 2. The monoisotopic (exact) mass is 527 g/mol. The summed E-state index contributed by atoms with van der Waals surface area (Å²) in [7, 11) is 0. The Morgan fingerprint density at radius 1 is 0.816 bits per heavy atom. The fraction of sp³-hybridized carbons (Fsp3) is 0.346. The van der Waals surface area contributed by atoms with Gasteiger partial charge in [-0.2, -0.15) is 18.2 Å². The fourth-order valence-corrected chi connectivity index (χ4v) is 4.38. The van der Waals surface area contributed by atoms with Crippen LogP contribution < -0.4 is 20.4 Å². The number of carbonyl (C=O) groups excluding carboxylic acids is 1. The van der Waals surface area contributed by atoms with E-state index >= 15 is 0 Å². The largest absolute Gasteiger partial charge is 0.416 e. The van der Waals surface area contributed by atoms with E-state index in [1.54, 1.807) is 11.1 Å². The van der Waals surface area contributed by atoms with E-state index in [0.717, 1.165) is 55.6 Å². The van der Waals surface area contributed by atoms with Gasteiger partial charge in [-0.1, -0.05) is 0 Å². The molecule has 2 amide bonds. The number of carbonyl (C=O) groups is 1. The predicted octanol–water partition coefficient (Wildman–Crippen LogP) is 4.43. The highest BCUT2D eigenvalue weighted by Crippen LogP contribution is 2.30. The third kappa shape index (κ3) is 6.25. The lowest BCUT2D eigenvalue weighted by molar-refractivity contribution is -0.137. The number of piperazine rings is 1. The number of morpholine rings is 1. The topological polar surface area (TPSA) is 85.9 Å². The molecule has 2 saturated heterocycles. The standard InChI is InChI=1S/C26H28F3N7O2/c27-26(28,29)19-1-3-21(4-2-19)32-25(37)36-13-11-35(12-14-36)23-9-10-30-24(33-23)31-20-5-7-22(8-6-20)34-15-17-38-18-16-34/h1-10H,11-18H2,(H,32,37)(H,30,31,33). The normalized spacial score (nSPS) is 16.3. The van der Waals surface area contributed by atoms with Gasteiger partial charge in [0.15, 0.2) is 0 Å². The van der Waals surface area contributed by atoms with Crippen molar-refractivity contribution in [2.45, 2.75) is 6.18 Å². The number of amides is 2. The van der Waals surface area contributed by atoms with Gasteiger partial charge < -0.3 is 30.1 Å². The summed E-state index contributed by atoms with van der Waals surface area (Å²) in [6.07, 6.45) is -2.72. The number of benzene rings is 2. The molecule has 9 nitrogen and oxygen atoms in total. The molecule has 2 aliphatic rings. The van der Waals surface area contributed by atoms with Gasteiger partial charge in [-0.25, -0.2) is 9.78 Å². The minimum absolute atomic E-state index is 0.315. The summed E-state index contributed by atoms with van der Waals surface area (Å²) in [4.78, 5) is 27.6. The van der Waals surface area contributed by atoms with Crippen LogP contribution in [-0.2, 0) is 10.9 Å². The Kier molecular flexibility index (Phi) is 7.50. The van der Waals surface area contributed by atoms with E-state index in [9.17, 15) is 18.0 Å². The van der Waals surface area contributed by atoms with Crippen LogP contribution in [0.1, 0.15) is 5.56 Å². The minimum Gasteiger partial charge on any atom is -0.378 e. The van der Waals surface area contributed by atoms with Gasteiger partial charge in [-0.05, 0) is 54.6 Å². The number of urea groups is 1. The zero-order valence-corrected chi connectivity index (χ0v) is 20.6. The Morgan fingerprint density at radius 2 is 1.47 bits per heavy atom. The van der Waals surface area contributed by atoms with E-state index in [-0.39, 0.29) is 6.03 Å². The molecule has 1 aromatic heterocycles. The maximum atomic E-state index is 12.7. The highest BCUT2D eigenvalue weighted by Gasteiger charge is 2.30. The van der Waals surface area contributed by atoms with Crippen LogP contribution in [0.5, 0.6) is 0 Å².